The quantitative estimate of drug-likeness (QED) is 0.229. The van der Waals surface area contributed by atoms with Crippen LogP contribution in [0, 0.1) is 11.3 Å². The van der Waals surface area contributed by atoms with Gasteiger partial charge in [-0.1, -0.05) is 58.7 Å². The SMILES string of the molecule is CCCCN(CC(=O)N(Cc1ccc2c(c1)OCO2)Cc1coc2ccc(Cl)cc2c1=O)C(=O)C[C@@H](C)CC(C)(C)C. The van der Waals surface area contributed by atoms with Crippen molar-refractivity contribution in [3.8, 4) is 11.5 Å². The molecule has 2 amide bonds. The molecule has 0 fully saturated rings. The molecule has 0 aliphatic carbocycles. The molecule has 2 heterocycles. The van der Waals surface area contributed by atoms with Gasteiger partial charge in [-0.2, -0.15) is 0 Å². The first-order valence-corrected chi connectivity index (χ1v) is 15.0. The van der Waals surface area contributed by atoms with Gasteiger partial charge in [-0.25, -0.2) is 0 Å². The molecular weight excluding hydrogens is 556 g/mol. The number of hydrogen-bond donors (Lipinski definition) is 0. The number of carbonyl (C=O) groups is 2. The minimum absolute atomic E-state index is 0.00823. The lowest BCUT2D eigenvalue weighted by atomic mass is 9.84. The van der Waals surface area contributed by atoms with E-state index in [0.29, 0.717) is 46.0 Å². The van der Waals surface area contributed by atoms with Crippen LogP contribution in [0.3, 0.4) is 0 Å². The number of rotatable bonds is 12. The van der Waals surface area contributed by atoms with Gasteiger partial charge in [-0.05, 0) is 60.1 Å². The van der Waals surface area contributed by atoms with Crippen LogP contribution in [-0.4, -0.2) is 41.5 Å². The topological polar surface area (TPSA) is 89.3 Å². The first-order chi connectivity index (χ1) is 19.9. The highest BCUT2D eigenvalue weighted by molar-refractivity contribution is 6.31. The van der Waals surface area contributed by atoms with E-state index in [4.69, 9.17) is 25.5 Å². The van der Waals surface area contributed by atoms with Gasteiger partial charge >= 0.3 is 0 Å². The van der Waals surface area contributed by atoms with E-state index in [1.807, 2.05) is 12.1 Å². The highest BCUT2D eigenvalue weighted by Gasteiger charge is 2.26. The largest absolute Gasteiger partial charge is 0.464 e. The van der Waals surface area contributed by atoms with Crippen molar-refractivity contribution < 1.29 is 23.5 Å². The average molecular weight is 597 g/mol. The number of benzene rings is 2. The summed E-state index contributed by atoms with van der Waals surface area (Å²) >= 11 is 6.15. The number of ether oxygens (including phenoxy) is 2. The third-order valence-electron chi connectivity index (χ3n) is 7.27. The number of hydrogen-bond acceptors (Lipinski definition) is 6. The van der Waals surface area contributed by atoms with Gasteiger partial charge in [0.2, 0.25) is 18.6 Å². The Hall–Kier alpha value is -3.52. The van der Waals surface area contributed by atoms with Gasteiger partial charge < -0.3 is 23.7 Å². The summed E-state index contributed by atoms with van der Waals surface area (Å²) in [6.45, 7) is 11.4. The second kappa shape index (κ2) is 13.6. The molecule has 226 valence electrons. The molecule has 0 N–H and O–H groups in total. The van der Waals surface area contributed by atoms with Crippen molar-refractivity contribution in [1.82, 2.24) is 9.80 Å². The van der Waals surface area contributed by atoms with Gasteiger partial charge in [0.15, 0.2) is 16.9 Å². The fourth-order valence-electron chi connectivity index (χ4n) is 5.40. The van der Waals surface area contributed by atoms with Crippen LogP contribution in [0.5, 0.6) is 11.5 Å². The molecule has 0 unspecified atom stereocenters. The van der Waals surface area contributed by atoms with Gasteiger partial charge in [0.1, 0.15) is 5.58 Å². The van der Waals surface area contributed by atoms with Crippen LogP contribution in [0.25, 0.3) is 11.0 Å². The molecule has 1 atom stereocenters. The highest BCUT2D eigenvalue weighted by Crippen LogP contribution is 2.33. The van der Waals surface area contributed by atoms with Crippen LogP contribution < -0.4 is 14.9 Å². The van der Waals surface area contributed by atoms with Crippen molar-refractivity contribution >= 4 is 34.4 Å². The zero-order valence-electron chi connectivity index (χ0n) is 25.2. The lowest BCUT2D eigenvalue weighted by molar-refractivity contribution is -0.142. The molecule has 3 aromatic rings. The number of carbonyl (C=O) groups excluding carboxylic acids is 2. The highest BCUT2D eigenvalue weighted by atomic mass is 35.5. The Morgan fingerprint density at radius 2 is 1.76 bits per heavy atom. The van der Waals surface area contributed by atoms with Crippen molar-refractivity contribution in [2.75, 3.05) is 19.9 Å². The predicted molar refractivity (Wildman–Crippen MR) is 164 cm³/mol. The van der Waals surface area contributed by atoms with Crippen molar-refractivity contribution in [1.29, 1.82) is 0 Å². The Morgan fingerprint density at radius 1 is 1.00 bits per heavy atom. The summed E-state index contributed by atoms with van der Waals surface area (Å²) < 4.78 is 16.7. The van der Waals surface area contributed by atoms with Gasteiger partial charge in [0.05, 0.1) is 30.3 Å². The molecule has 4 rings (SSSR count). The zero-order chi connectivity index (χ0) is 30.4. The zero-order valence-corrected chi connectivity index (χ0v) is 26.0. The van der Waals surface area contributed by atoms with Crippen LogP contribution in [0.1, 0.15) is 71.4 Å². The van der Waals surface area contributed by atoms with Crippen LogP contribution in [0.2, 0.25) is 5.02 Å². The number of amides is 2. The molecule has 0 saturated heterocycles. The molecule has 0 saturated carbocycles. The van der Waals surface area contributed by atoms with E-state index < -0.39 is 0 Å². The fourth-order valence-corrected chi connectivity index (χ4v) is 5.57. The molecule has 1 aliphatic rings. The lowest BCUT2D eigenvalue weighted by Crippen LogP contribution is -2.43. The summed E-state index contributed by atoms with van der Waals surface area (Å²) in [7, 11) is 0. The Kier molecular flexibility index (Phi) is 10.2. The van der Waals surface area contributed by atoms with Gasteiger partial charge in [-0.3, -0.25) is 14.4 Å². The molecule has 0 spiro atoms. The molecule has 1 aromatic heterocycles. The normalized spacial score (nSPS) is 13.3. The Bertz CT molecular complexity index is 1480. The maximum atomic E-state index is 13.9. The number of fused-ring (bicyclic) bond motifs is 2. The average Bonchev–Trinajstić information content (AvgIpc) is 3.39. The van der Waals surface area contributed by atoms with Crippen molar-refractivity contribution in [2.45, 2.75) is 73.4 Å². The minimum atomic E-state index is -0.258. The van der Waals surface area contributed by atoms with Crippen molar-refractivity contribution in [3.63, 3.8) is 0 Å². The van der Waals surface area contributed by atoms with E-state index in [2.05, 4.69) is 34.6 Å². The molecule has 1 aliphatic heterocycles. The number of nitrogens with zero attached hydrogens (tertiary/aromatic N) is 2. The smallest absolute Gasteiger partial charge is 0.242 e. The molecule has 42 heavy (non-hydrogen) atoms. The van der Waals surface area contributed by atoms with E-state index in [1.165, 1.54) is 6.26 Å². The van der Waals surface area contributed by atoms with E-state index in [-0.39, 0.29) is 55.0 Å². The summed E-state index contributed by atoms with van der Waals surface area (Å²) in [5.41, 5.74) is 1.41. The Labute approximate surface area is 252 Å². The van der Waals surface area contributed by atoms with Gasteiger partial charge in [-0.15, -0.1) is 0 Å². The minimum Gasteiger partial charge on any atom is -0.464 e. The van der Waals surface area contributed by atoms with Crippen LogP contribution in [-0.2, 0) is 22.7 Å². The molecular formula is C33H41ClN2O6. The van der Waals surface area contributed by atoms with Gasteiger partial charge in [0, 0.05) is 24.5 Å². The van der Waals surface area contributed by atoms with Gasteiger partial charge in [0.25, 0.3) is 0 Å². The number of halogens is 1. The number of unbranched alkanes of at least 4 members (excludes halogenated alkanes) is 1. The molecule has 8 nitrogen and oxygen atoms in total. The Balaban J connectivity index is 1.60. The maximum absolute atomic E-state index is 13.9. The standard InChI is InChI=1S/C33H41ClN2O6/c1-6-7-12-35(30(37)13-22(2)16-33(3,4)5)19-31(38)36(17-23-8-10-28-29(14-23)42-21-41-28)18-24-20-40-27-11-9-25(34)15-26(27)32(24)39/h8-11,14-15,20,22H,6-7,12-13,16-19,21H2,1-5H3/t22-/m1/s1. The van der Waals surface area contributed by atoms with E-state index >= 15 is 0 Å². The summed E-state index contributed by atoms with van der Waals surface area (Å²) in [5, 5.41) is 0.772. The predicted octanol–water partition coefficient (Wildman–Crippen LogP) is 6.80. The van der Waals surface area contributed by atoms with Crippen molar-refractivity contribution in [3.05, 3.63) is 69.0 Å². The Morgan fingerprint density at radius 3 is 2.50 bits per heavy atom. The summed E-state index contributed by atoms with van der Waals surface area (Å²) in [5.74, 6) is 1.15. The van der Waals surface area contributed by atoms with Crippen molar-refractivity contribution in [2.24, 2.45) is 11.3 Å². The molecule has 2 aromatic carbocycles. The van der Waals surface area contributed by atoms with Crippen LogP contribution >= 0.6 is 11.6 Å². The third kappa shape index (κ3) is 8.28. The van der Waals surface area contributed by atoms with E-state index in [0.717, 1.165) is 24.8 Å². The molecule has 9 heteroatoms. The molecule has 0 bridgehead atoms. The third-order valence-corrected chi connectivity index (χ3v) is 7.51. The van der Waals surface area contributed by atoms with Crippen LogP contribution in [0.4, 0.5) is 0 Å². The lowest BCUT2D eigenvalue weighted by Gasteiger charge is -2.29. The summed E-state index contributed by atoms with van der Waals surface area (Å²) in [6, 6.07) is 10.4. The van der Waals surface area contributed by atoms with E-state index in [1.54, 1.807) is 34.1 Å². The second-order valence-electron chi connectivity index (χ2n) is 12.4. The second-order valence-corrected chi connectivity index (χ2v) is 12.8. The summed E-state index contributed by atoms with van der Waals surface area (Å²) in [4.78, 5) is 44.0. The summed E-state index contributed by atoms with van der Waals surface area (Å²) in [6.07, 6.45) is 4.38. The fraction of sp³-hybridized carbons (Fsp3) is 0.485. The first kappa shape index (κ1) is 31.4. The monoisotopic (exact) mass is 596 g/mol. The maximum Gasteiger partial charge on any atom is 0.242 e. The van der Waals surface area contributed by atoms with E-state index in [9.17, 15) is 14.4 Å². The van der Waals surface area contributed by atoms with Crippen LogP contribution in [0.15, 0.2) is 51.9 Å². The molecule has 0 radical (unpaired) electrons. The first-order valence-electron chi connectivity index (χ1n) is 14.6.